The highest BCUT2D eigenvalue weighted by Gasteiger charge is 2.20. The third-order valence-corrected chi connectivity index (χ3v) is 3.26. The maximum absolute atomic E-state index is 11.3. The van der Waals surface area contributed by atoms with Gasteiger partial charge < -0.3 is 9.88 Å². The molecule has 0 saturated carbocycles. The molecular weight excluding hydrogens is 226 g/mol. The van der Waals surface area contributed by atoms with Gasteiger partial charge in [-0.25, -0.2) is 13.4 Å². The Kier molecular flexibility index (Phi) is 4.49. The third-order valence-electron chi connectivity index (χ3n) is 2.32. The summed E-state index contributed by atoms with van der Waals surface area (Å²) < 4.78 is 24.6. The fraction of sp³-hybridized carbons (Fsp3) is 0.700. The van der Waals surface area contributed by atoms with E-state index in [0.717, 1.165) is 18.9 Å². The molecule has 1 rings (SSSR count). The van der Waals surface area contributed by atoms with E-state index in [-0.39, 0.29) is 11.8 Å². The average Bonchev–Trinajstić information content (AvgIpc) is 2.62. The van der Waals surface area contributed by atoms with Gasteiger partial charge in [-0.15, -0.1) is 0 Å². The van der Waals surface area contributed by atoms with Crippen LogP contribution < -0.4 is 5.32 Å². The van der Waals surface area contributed by atoms with Crippen LogP contribution in [0, 0.1) is 0 Å². The van der Waals surface area contributed by atoms with Crippen LogP contribution in [0.3, 0.4) is 0 Å². The zero-order valence-corrected chi connectivity index (χ0v) is 10.8. The molecule has 1 aromatic rings. The molecule has 0 radical (unpaired) electrons. The Bertz CT molecular complexity index is 425. The molecule has 16 heavy (non-hydrogen) atoms. The van der Waals surface area contributed by atoms with E-state index in [4.69, 9.17) is 0 Å². The van der Waals surface area contributed by atoms with Crippen LogP contribution in [0.4, 0.5) is 0 Å². The van der Waals surface area contributed by atoms with Crippen molar-refractivity contribution in [3.63, 3.8) is 0 Å². The van der Waals surface area contributed by atoms with Crippen LogP contribution >= 0.6 is 0 Å². The molecule has 6 heteroatoms. The first-order chi connectivity index (χ1) is 7.48. The second-order valence-corrected chi connectivity index (χ2v) is 5.96. The number of imidazole rings is 1. The van der Waals surface area contributed by atoms with E-state index >= 15 is 0 Å². The van der Waals surface area contributed by atoms with E-state index < -0.39 is 9.84 Å². The Balaban J connectivity index is 2.93. The molecule has 0 amide bonds. The van der Waals surface area contributed by atoms with Crippen molar-refractivity contribution >= 4 is 9.84 Å². The van der Waals surface area contributed by atoms with E-state index in [1.807, 2.05) is 24.6 Å². The van der Waals surface area contributed by atoms with Gasteiger partial charge in [0.15, 0.2) is 0 Å². The third kappa shape index (κ3) is 3.61. The lowest BCUT2D eigenvalue weighted by atomic mass is 10.3. The highest BCUT2D eigenvalue weighted by atomic mass is 32.2. The molecule has 92 valence electrons. The van der Waals surface area contributed by atoms with Gasteiger partial charge in [-0.05, 0) is 13.5 Å². The van der Waals surface area contributed by atoms with Crippen LogP contribution in [0.1, 0.15) is 25.7 Å². The Morgan fingerprint density at radius 3 is 2.69 bits per heavy atom. The molecule has 0 aliphatic rings. The van der Waals surface area contributed by atoms with Crippen molar-refractivity contribution in [1.29, 1.82) is 0 Å². The number of sulfone groups is 1. The van der Waals surface area contributed by atoms with Crippen molar-refractivity contribution in [2.24, 2.45) is 0 Å². The second-order valence-electron chi connectivity index (χ2n) is 3.77. The fourth-order valence-corrected chi connectivity index (χ4v) is 2.54. The van der Waals surface area contributed by atoms with Gasteiger partial charge in [-0.3, -0.25) is 0 Å². The fourth-order valence-electron chi connectivity index (χ4n) is 1.67. The van der Waals surface area contributed by atoms with Crippen molar-refractivity contribution < 1.29 is 8.42 Å². The Hall–Kier alpha value is -0.880. The minimum atomic E-state index is -3.01. The minimum Gasteiger partial charge on any atom is -0.334 e. The van der Waals surface area contributed by atoms with E-state index in [1.165, 1.54) is 6.26 Å². The van der Waals surface area contributed by atoms with Crippen LogP contribution in [0.25, 0.3) is 0 Å². The van der Waals surface area contributed by atoms with Gasteiger partial charge in [0.25, 0.3) is 0 Å². The van der Waals surface area contributed by atoms with Crippen LogP contribution in [0.15, 0.2) is 12.4 Å². The molecule has 0 saturated heterocycles. The summed E-state index contributed by atoms with van der Waals surface area (Å²) in [7, 11) is -3.01. The molecule has 0 aromatic carbocycles. The van der Waals surface area contributed by atoms with E-state index in [1.54, 1.807) is 6.20 Å². The summed E-state index contributed by atoms with van der Waals surface area (Å²) >= 11 is 0. The van der Waals surface area contributed by atoms with Gasteiger partial charge in [0.1, 0.15) is 15.7 Å². The number of aryl methyl sites for hydroxylation is 1. The van der Waals surface area contributed by atoms with Crippen molar-refractivity contribution in [3.05, 3.63) is 18.2 Å². The highest BCUT2D eigenvalue weighted by molar-refractivity contribution is 7.90. The predicted molar refractivity (Wildman–Crippen MR) is 64.0 cm³/mol. The summed E-state index contributed by atoms with van der Waals surface area (Å²) in [5, 5.41) is 3.15. The monoisotopic (exact) mass is 245 g/mol. The van der Waals surface area contributed by atoms with Crippen LogP contribution in [-0.4, -0.2) is 36.5 Å². The number of rotatable bonds is 6. The van der Waals surface area contributed by atoms with Crippen molar-refractivity contribution in [2.75, 3.05) is 18.6 Å². The lowest BCUT2D eigenvalue weighted by Crippen LogP contribution is -2.30. The number of hydrogen-bond donors (Lipinski definition) is 1. The highest BCUT2D eigenvalue weighted by Crippen LogP contribution is 2.13. The number of aromatic nitrogens is 2. The summed E-state index contributed by atoms with van der Waals surface area (Å²) in [6.45, 7) is 5.47. The molecule has 1 N–H and O–H groups in total. The SMILES string of the molecule is CCNC(CS(C)(=O)=O)c1nccn1CC. The maximum atomic E-state index is 11.3. The Morgan fingerprint density at radius 2 is 2.19 bits per heavy atom. The van der Waals surface area contributed by atoms with Gasteiger partial charge in [-0.2, -0.15) is 0 Å². The molecule has 0 aliphatic carbocycles. The molecule has 1 heterocycles. The zero-order chi connectivity index (χ0) is 12.2. The summed E-state index contributed by atoms with van der Waals surface area (Å²) in [6.07, 6.45) is 4.81. The molecular formula is C10H19N3O2S. The van der Waals surface area contributed by atoms with E-state index in [0.29, 0.717) is 0 Å². The normalized spacial score (nSPS) is 13.9. The summed E-state index contributed by atoms with van der Waals surface area (Å²) in [4.78, 5) is 4.23. The molecule has 5 nitrogen and oxygen atoms in total. The first kappa shape index (κ1) is 13.2. The average molecular weight is 245 g/mol. The molecule has 1 aromatic heterocycles. The van der Waals surface area contributed by atoms with Crippen LogP contribution in [-0.2, 0) is 16.4 Å². The topological polar surface area (TPSA) is 64.0 Å². The summed E-state index contributed by atoms with van der Waals surface area (Å²) in [6, 6.07) is -0.227. The number of nitrogens with one attached hydrogen (secondary N) is 1. The molecule has 1 unspecified atom stereocenters. The lowest BCUT2D eigenvalue weighted by Gasteiger charge is -2.17. The van der Waals surface area contributed by atoms with Gasteiger partial charge >= 0.3 is 0 Å². The Morgan fingerprint density at radius 1 is 1.50 bits per heavy atom. The number of hydrogen-bond acceptors (Lipinski definition) is 4. The standard InChI is InChI=1S/C10H19N3O2S/c1-4-11-9(8-16(3,14)15)10-12-6-7-13(10)5-2/h6-7,9,11H,4-5,8H2,1-3H3. The van der Waals surface area contributed by atoms with E-state index in [9.17, 15) is 8.42 Å². The smallest absolute Gasteiger partial charge is 0.149 e. The van der Waals surface area contributed by atoms with Crippen molar-refractivity contribution in [3.8, 4) is 0 Å². The summed E-state index contributed by atoms with van der Waals surface area (Å²) in [5.41, 5.74) is 0. The van der Waals surface area contributed by atoms with E-state index in [2.05, 4.69) is 10.3 Å². The minimum absolute atomic E-state index is 0.0812. The van der Waals surface area contributed by atoms with Crippen molar-refractivity contribution in [2.45, 2.75) is 26.4 Å². The van der Waals surface area contributed by atoms with Gasteiger partial charge in [0.05, 0.1) is 11.8 Å². The lowest BCUT2D eigenvalue weighted by molar-refractivity contribution is 0.522. The second kappa shape index (κ2) is 5.45. The first-order valence-electron chi connectivity index (χ1n) is 5.40. The van der Waals surface area contributed by atoms with Crippen LogP contribution in [0.5, 0.6) is 0 Å². The first-order valence-corrected chi connectivity index (χ1v) is 7.46. The Labute approximate surface area is 96.8 Å². The molecule has 1 atom stereocenters. The van der Waals surface area contributed by atoms with Crippen LogP contribution in [0.2, 0.25) is 0 Å². The number of nitrogens with zero attached hydrogens (tertiary/aromatic N) is 2. The molecule has 0 fully saturated rings. The maximum Gasteiger partial charge on any atom is 0.149 e. The zero-order valence-electron chi connectivity index (χ0n) is 9.97. The van der Waals surface area contributed by atoms with Gasteiger partial charge in [0.2, 0.25) is 0 Å². The summed E-state index contributed by atoms with van der Waals surface area (Å²) in [5.74, 6) is 0.868. The molecule has 0 bridgehead atoms. The molecule has 0 aliphatic heterocycles. The van der Waals surface area contributed by atoms with Gasteiger partial charge in [-0.1, -0.05) is 6.92 Å². The molecule has 0 spiro atoms. The predicted octanol–water partition coefficient (Wildman–Crippen LogP) is 0.598. The largest absolute Gasteiger partial charge is 0.334 e. The quantitative estimate of drug-likeness (QED) is 0.797. The van der Waals surface area contributed by atoms with Crippen molar-refractivity contribution in [1.82, 2.24) is 14.9 Å². The van der Waals surface area contributed by atoms with Gasteiger partial charge in [0, 0.05) is 25.2 Å².